The molecule has 71 heavy (non-hydrogen) atoms. The van der Waals surface area contributed by atoms with Gasteiger partial charge in [0.25, 0.3) is 0 Å². The molecule has 6 heteroatoms. The average Bonchev–Trinajstić information content (AvgIpc) is 3.86. The highest BCUT2D eigenvalue weighted by atomic mass is 15.2. The van der Waals surface area contributed by atoms with Gasteiger partial charge in [-0.25, -0.2) is 9.97 Å². The lowest BCUT2D eigenvalue weighted by Crippen LogP contribution is -2.32. The molecule has 0 N–H and O–H groups in total. The fourth-order valence-corrected chi connectivity index (χ4v) is 11.6. The van der Waals surface area contributed by atoms with Crippen LogP contribution in [0.15, 0.2) is 188 Å². The lowest BCUT2D eigenvalue weighted by Gasteiger charge is -2.37. The van der Waals surface area contributed by atoms with Crippen molar-refractivity contribution < 1.29 is 0 Å². The van der Waals surface area contributed by atoms with E-state index in [1.54, 1.807) is 0 Å². The van der Waals surface area contributed by atoms with Crippen molar-refractivity contribution in [1.29, 1.82) is 0 Å². The summed E-state index contributed by atoms with van der Waals surface area (Å²) in [5.41, 5.74) is 25.2. The minimum Gasteiger partial charge on any atom is -0.336 e. The zero-order valence-electron chi connectivity index (χ0n) is 41.1. The van der Waals surface area contributed by atoms with Crippen molar-refractivity contribution in [1.82, 2.24) is 19.5 Å². The summed E-state index contributed by atoms with van der Waals surface area (Å²) in [4.78, 5) is 21.4. The lowest BCUT2D eigenvalue weighted by atomic mass is 9.90. The van der Waals surface area contributed by atoms with Crippen LogP contribution in [0.3, 0.4) is 0 Å². The summed E-state index contributed by atoms with van der Waals surface area (Å²) in [6, 6.07) is 60.3. The van der Waals surface area contributed by atoms with E-state index in [4.69, 9.17) is 15.0 Å². The van der Waals surface area contributed by atoms with Crippen LogP contribution >= 0.6 is 0 Å². The van der Waals surface area contributed by atoms with Gasteiger partial charge in [0.1, 0.15) is 0 Å². The van der Waals surface area contributed by atoms with Gasteiger partial charge in [0.15, 0.2) is 5.82 Å². The number of fused-ring (bicyclic) bond motifs is 8. The molecule has 1 aliphatic carbocycles. The van der Waals surface area contributed by atoms with E-state index in [0.717, 1.165) is 74.0 Å². The quantitative estimate of drug-likeness (QED) is 0.159. The zero-order valence-corrected chi connectivity index (χ0v) is 41.1. The second-order valence-corrected chi connectivity index (χ2v) is 20.1. The summed E-state index contributed by atoms with van der Waals surface area (Å²) < 4.78 is 2.54. The minimum absolute atomic E-state index is 0.0106. The zero-order chi connectivity index (χ0) is 48.1. The Morgan fingerprint density at radius 1 is 0.507 bits per heavy atom. The van der Waals surface area contributed by atoms with Gasteiger partial charge >= 0.3 is 0 Å². The van der Waals surface area contributed by atoms with Gasteiger partial charge in [0, 0.05) is 56.9 Å². The molecular weight excluding hydrogens is 865 g/mol. The van der Waals surface area contributed by atoms with E-state index in [9.17, 15) is 0 Å². The molecule has 0 amide bonds. The van der Waals surface area contributed by atoms with Gasteiger partial charge in [-0.3, -0.25) is 4.98 Å². The molecule has 0 fully saturated rings. The molecule has 3 aromatic heterocycles. The molecule has 3 aliphatic rings. The van der Waals surface area contributed by atoms with Gasteiger partial charge < -0.3 is 14.4 Å². The molecular formula is C65H54N6. The molecule has 0 radical (unpaired) electrons. The van der Waals surface area contributed by atoms with Crippen molar-refractivity contribution in [3.8, 4) is 39.6 Å². The summed E-state index contributed by atoms with van der Waals surface area (Å²) in [6.45, 7) is 13.7. The van der Waals surface area contributed by atoms with Crippen molar-refractivity contribution in [2.45, 2.75) is 66.5 Å². The number of nitrogens with zero attached hydrogens (tertiary/aromatic N) is 6. The van der Waals surface area contributed by atoms with Crippen molar-refractivity contribution >= 4 is 44.6 Å². The first-order chi connectivity index (χ1) is 34.6. The second-order valence-electron chi connectivity index (χ2n) is 20.1. The highest BCUT2D eigenvalue weighted by molar-refractivity contribution is 6.10. The second kappa shape index (κ2) is 16.7. The number of allylic oxidation sites excluding steroid dienone is 2. The van der Waals surface area contributed by atoms with Crippen LogP contribution < -0.4 is 9.80 Å². The molecule has 0 bridgehead atoms. The third-order valence-corrected chi connectivity index (χ3v) is 14.9. The molecule has 0 spiro atoms. The predicted octanol–water partition coefficient (Wildman–Crippen LogP) is 15.9. The first kappa shape index (κ1) is 42.7. The normalized spacial score (nSPS) is 15.7. The Kier molecular flexibility index (Phi) is 10.0. The van der Waals surface area contributed by atoms with Crippen molar-refractivity contribution in [2.24, 2.45) is 0 Å². The smallest absolute Gasteiger partial charge is 0.160 e. The third-order valence-electron chi connectivity index (χ3n) is 14.9. The Morgan fingerprint density at radius 3 is 1.73 bits per heavy atom. The Hall–Kier alpha value is -8.35. The molecule has 7 aromatic carbocycles. The molecule has 6 nitrogen and oxygen atoms in total. The van der Waals surface area contributed by atoms with Gasteiger partial charge in [0.2, 0.25) is 0 Å². The average molecular weight is 919 g/mol. The number of aryl methyl sites for hydroxylation is 5. The van der Waals surface area contributed by atoms with Crippen LogP contribution in [0.25, 0.3) is 61.4 Å². The highest BCUT2D eigenvalue weighted by Gasteiger charge is 2.42. The van der Waals surface area contributed by atoms with E-state index in [1.165, 1.54) is 66.7 Å². The number of pyridine rings is 1. The summed E-state index contributed by atoms with van der Waals surface area (Å²) in [5, 5.41) is 2.47. The maximum atomic E-state index is 5.52. The molecule has 10 aromatic rings. The van der Waals surface area contributed by atoms with Crippen molar-refractivity contribution in [3.63, 3.8) is 0 Å². The van der Waals surface area contributed by atoms with Crippen LogP contribution in [0.5, 0.6) is 0 Å². The number of benzene rings is 7. The van der Waals surface area contributed by atoms with Gasteiger partial charge in [-0.2, -0.15) is 0 Å². The molecule has 5 heterocycles. The maximum Gasteiger partial charge on any atom is 0.160 e. The van der Waals surface area contributed by atoms with Crippen molar-refractivity contribution in [3.05, 3.63) is 238 Å². The molecule has 0 saturated heterocycles. The molecule has 13 rings (SSSR count). The Morgan fingerprint density at radius 2 is 1.08 bits per heavy atom. The van der Waals surface area contributed by atoms with Gasteiger partial charge in [-0.1, -0.05) is 143 Å². The highest BCUT2D eigenvalue weighted by Crippen LogP contribution is 2.53. The molecule has 2 aliphatic heterocycles. The van der Waals surface area contributed by atoms with E-state index < -0.39 is 0 Å². The summed E-state index contributed by atoms with van der Waals surface area (Å²) >= 11 is 0. The van der Waals surface area contributed by atoms with E-state index in [0.29, 0.717) is 12.4 Å². The predicted molar refractivity (Wildman–Crippen MR) is 294 cm³/mol. The molecule has 0 saturated carbocycles. The number of aromatic nitrogens is 4. The lowest BCUT2D eigenvalue weighted by molar-refractivity contribution is 0.721. The monoisotopic (exact) mass is 918 g/mol. The molecule has 344 valence electrons. The number of anilines is 4. The van der Waals surface area contributed by atoms with E-state index in [-0.39, 0.29) is 12.0 Å². The van der Waals surface area contributed by atoms with Crippen LogP contribution in [0.4, 0.5) is 22.7 Å². The van der Waals surface area contributed by atoms with Crippen LogP contribution in [0.2, 0.25) is 0 Å². The molecule has 2 unspecified atom stereocenters. The Balaban J connectivity index is 1.17. The summed E-state index contributed by atoms with van der Waals surface area (Å²) in [6.07, 6.45) is 8.02. The van der Waals surface area contributed by atoms with Gasteiger partial charge in [-0.05, 0) is 125 Å². The Labute approximate surface area is 416 Å². The third kappa shape index (κ3) is 7.27. The van der Waals surface area contributed by atoms with Crippen LogP contribution in [0, 0.1) is 34.6 Å². The number of hydrogen-bond donors (Lipinski definition) is 0. The summed E-state index contributed by atoms with van der Waals surface area (Å²) in [7, 11) is 0. The first-order valence-corrected chi connectivity index (χ1v) is 24.9. The first-order valence-electron chi connectivity index (χ1n) is 24.9. The van der Waals surface area contributed by atoms with Crippen LogP contribution in [-0.2, 0) is 13.0 Å². The summed E-state index contributed by atoms with van der Waals surface area (Å²) in [5.74, 6) is 0.763. The largest absolute Gasteiger partial charge is 0.336 e. The maximum absolute atomic E-state index is 5.52. The number of rotatable bonds is 7. The van der Waals surface area contributed by atoms with E-state index in [2.05, 4.69) is 232 Å². The molecule has 2 atom stereocenters. The Bertz CT molecular complexity index is 3690. The van der Waals surface area contributed by atoms with Gasteiger partial charge in [0.05, 0.1) is 57.8 Å². The fraction of sp³-hybridized carbons (Fsp3) is 0.154. The van der Waals surface area contributed by atoms with Crippen molar-refractivity contribution in [2.75, 3.05) is 9.80 Å². The SMILES string of the molecule is CC1=CC2c3nc(C)ccc3N(c3c(CN4c5ccc(C)cc5Cc5cc(C)ccc54)cc(-c4cc(-c5ccccc5)nc(-c5ccccc5)n4)cc3-n3c4ccc(C)cc4c4cc(C)ccc43)C2C=C1. The fourth-order valence-electron chi connectivity index (χ4n) is 11.6. The standard InChI is InChI=1S/C65H54N6/c1-39-17-23-56-48(29-39)35-49-30-40(2)18-24-57(49)69(56)38-50-34-47(55-37-54(45-13-9-7-10-14-45)67-65(68-55)46-15-11-8-12-16-46)36-62(70-58-25-19-41(3)31-51(58)52-32-42(4)20-26-59(52)70)64(50)71-60-27-21-43(5)33-53(60)63-61(71)28-22-44(6)66-63/h7-34,36-37,53,60H,35,38H2,1-6H3. The van der Waals surface area contributed by atoms with Gasteiger partial charge in [-0.15, -0.1) is 0 Å². The van der Waals surface area contributed by atoms with Crippen LogP contribution in [-0.4, -0.2) is 25.6 Å². The number of hydrogen-bond acceptors (Lipinski definition) is 5. The van der Waals surface area contributed by atoms with E-state index >= 15 is 0 Å². The topological polar surface area (TPSA) is 50.1 Å². The minimum atomic E-state index is -0.0106. The van der Waals surface area contributed by atoms with Crippen LogP contribution in [0.1, 0.15) is 63.2 Å². The van der Waals surface area contributed by atoms with E-state index in [1.807, 2.05) is 6.07 Å².